The van der Waals surface area contributed by atoms with E-state index in [4.69, 9.17) is 24.3 Å². The highest BCUT2D eigenvalue weighted by Gasteiger charge is 2.26. The number of phosphoric ester groups is 1. The lowest BCUT2D eigenvalue weighted by Crippen LogP contribution is -2.29. The fraction of sp³-hybridized carbons (Fsp3) is 0.955. The van der Waals surface area contributed by atoms with E-state index in [1.807, 2.05) is 0 Å². The minimum Gasteiger partial charge on any atom is -0.462 e. The molecule has 0 aromatic carbocycles. The topological polar surface area (TPSA) is 134 Å². The Morgan fingerprint density at radius 3 is 1.13 bits per heavy atom. The van der Waals surface area contributed by atoms with Crippen LogP contribution in [0.4, 0.5) is 0 Å². The van der Waals surface area contributed by atoms with Gasteiger partial charge in [0.15, 0.2) is 6.10 Å². The van der Waals surface area contributed by atoms with Gasteiger partial charge in [-0.2, -0.15) is 0 Å². The van der Waals surface area contributed by atoms with Crippen molar-refractivity contribution in [3.63, 3.8) is 0 Å². The number of hydrogen-bond acceptors (Lipinski definition) is 8. The van der Waals surface area contributed by atoms with Crippen LogP contribution < -0.4 is 5.73 Å². The van der Waals surface area contributed by atoms with Crippen LogP contribution in [0.25, 0.3) is 0 Å². The summed E-state index contributed by atoms with van der Waals surface area (Å²) in [6.07, 6.45) is 41.3. The van der Waals surface area contributed by atoms with Crippen molar-refractivity contribution >= 4 is 19.8 Å². The van der Waals surface area contributed by atoms with E-state index in [-0.39, 0.29) is 38.6 Å². The summed E-state index contributed by atoms with van der Waals surface area (Å²) in [5, 5.41) is 0. The van der Waals surface area contributed by atoms with E-state index < -0.39 is 26.5 Å². The molecule has 0 saturated carbocycles. The van der Waals surface area contributed by atoms with E-state index in [9.17, 15) is 19.0 Å². The van der Waals surface area contributed by atoms with Gasteiger partial charge in [-0.15, -0.1) is 0 Å². The molecule has 322 valence electrons. The van der Waals surface area contributed by atoms with Gasteiger partial charge in [0.05, 0.1) is 13.2 Å². The average molecular weight is 790 g/mol. The maximum Gasteiger partial charge on any atom is 0.472 e. The molecular weight excluding hydrogens is 701 g/mol. The molecule has 0 fully saturated rings. The van der Waals surface area contributed by atoms with Crippen LogP contribution in [0.2, 0.25) is 0 Å². The molecule has 0 radical (unpaired) electrons. The zero-order valence-electron chi connectivity index (χ0n) is 35.5. The summed E-state index contributed by atoms with van der Waals surface area (Å²) in [5.41, 5.74) is 5.35. The fourth-order valence-electron chi connectivity index (χ4n) is 6.81. The van der Waals surface area contributed by atoms with Crippen molar-refractivity contribution in [1.29, 1.82) is 0 Å². The Labute approximate surface area is 333 Å². The first-order valence-corrected chi connectivity index (χ1v) is 24.5. The third-order valence-corrected chi connectivity index (χ3v) is 11.2. The Morgan fingerprint density at radius 2 is 0.796 bits per heavy atom. The molecule has 0 rings (SSSR count). The van der Waals surface area contributed by atoms with Gasteiger partial charge in [-0.05, 0) is 12.8 Å². The van der Waals surface area contributed by atoms with Crippen molar-refractivity contribution in [1.82, 2.24) is 0 Å². The van der Waals surface area contributed by atoms with Gasteiger partial charge in [0.1, 0.15) is 6.61 Å². The summed E-state index contributed by atoms with van der Waals surface area (Å²) in [4.78, 5) is 34.9. The summed E-state index contributed by atoms with van der Waals surface area (Å²) in [5.74, 6) is -0.811. The van der Waals surface area contributed by atoms with Crippen molar-refractivity contribution in [3.05, 3.63) is 0 Å². The molecule has 1 unspecified atom stereocenters. The van der Waals surface area contributed by atoms with Gasteiger partial charge in [0.2, 0.25) is 0 Å². The van der Waals surface area contributed by atoms with Crippen LogP contribution in [-0.2, 0) is 32.7 Å². The number of carbonyl (C=O) groups is 2. The van der Waals surface area contributed by atoms with Crippen LogP contribution in [0.5, 0.6) is 0 Å². The number of carbonyl (C=O) groups excluding carboxylic acids is 2. The highest BCUT2D eigenvalue weighted by molar-refractivity contribution is 7.47. The van der Waals surface area contributed by atoms with Gasteiger partial charge in [-0.1, -0.05) is 213 Å². The van der Waals surface area contributed by atoms with E-state index in [1.165, 1.54) is 173 Å². The highest BCUT2D eigenvalue weighted by atomic mass is 31.2. The van der Waals surface area contributed by atoms with Crippen LogP contribution in [-0.4, -0.2) is 49.3 Å². The van der Waals surface area contributed by atoms with Crippen LogP contribution in [0, 0.1) is 0 Å². The van der Waals surface area contributed by atoms with Gasteiger partial charge in [-0.25, -0.2) is 4.57 Å². The van der Waals surface area contributed by atoms with Crippen molar-refractivity contribution in [3.8, 4) is 0 Å². The molecule has 0 aromatic rings. The van der Waals surface area contributed by atoms with Gasteiger partial charge in [0.25, 0.3) is 0 Å². The van der Waals surface area contributed by atoms with Crippen molar-refractivity contribution in [2.24, 2.45) is 5.73 Å². The van der Waals surface area contributed by atoms with E-state index in [1.54, 1.807) is 0 Å². The largest absolute Gasteiger partial charge is 0.472 e. The van der Waals surface area contributed by atoms with Crippen LogP contribution in [0.1, 0.15) is 239 Å². The molecule has 54 heavy (non-hydrogen) atoms. The fourth-order valence-corrected chi connectivity index (χ4v) is 7.58. The molecule has 0 saturated heterocycles. The van der Waals surface area contributed by atoms with Crippen LogP contribution in [0.15, 0.2) is 0 Å². The van der Waals surface area contributed by atoms with E-state index in [0.29, 0.717) is 6.42 Å². The average Bonchev–Trinajstić information content (AvgIpc) is 3.16. The van der Waals surface area contributed by atoms with Crippen LogP contribution >= 0.6 is 7.82 Å². The number of esters is 2. The second-order valence-electron chi connectivity index (χ2n) is 15.6. The van der Waals surface area contributed by atoms with Gasteiger partial charge in [0, 0.05) is 19.4 Å². The zero-order chi connectivity index (χ0) is 39.6. The van der Waals surface area contributed by atoms with Crippen molar-refractivity contribution in [2.45, 2.75) is 245 Å². The SMILES string of the molecule is CCCCCCCCCCCCCCCCCCCCCCC(=O)OC[C@H](COP(=O)(O)OCCN)OC(=O)CCCCCCCCCCCCCCC. The Balaban J connectivity index is 4.02. The number of hydrogen-bond donors (Lipinski definition) is 2. The lowest BCUT2D eigenvalue weighted by molar-refractivity contribution is -0.161. The Hall–Kier alpha value is -0.990. The predicted molar refractivity (Wildman–Crippen MR) is 225 cm³/mol. The summed E-state index contributed by atoms with van der Waals surface area (Å²) >= 11 is 0. The molecule has 0 aliphatic rings. The molecule has 0 aromatic heterocycles. The number of nitrogens with two attached hydrogens (primary N) is 1. The normalized spacial score (nSPS) is 13.2. The van der Waals surface area contributed by atoms with Gasteiger partial charge < -0.3 is 20.1 Å². The van der Waals surface area contributed by atoms with Gasteiger partial charge in [-0.3, -0.25) is 18.6 Å². The standard InChI is InChI=1S/C44H88NO8P/c1-3-5-7-9-11-13-15-17-18-19-20-21-22-23-25-26-28-30-32-34-36-43(46)50-40-42(41-52-54(48,49)51-39-38-45)53-44(47)37-35-33-31-29-27-24-16-14-12-10-8-6-4-2/h42H,3-41,45H2,1-2H3,(H,48,49)/t42-/m1/s1. The molecule has 0 spiro atoms. The quantitative estimate of drug-likeness (QED) is 0.0351. The van der Waals surface area contributed by atoms with Crippen molar-refractivity contribution in [2.75, 3.05) is 26.4 Å². The number of phosphoric acid groups is 1. The van der Waals surface area contributed by atoms with E-state index in [2.05, 4.69) is 13.8 Å². The smallest absolute Gasteiger partial charge is 0.462 e. The first kappa shape index (κ1) is 53.0. The third kappa shape index (κ3) is 40.7. The summed E-state index contributed by atoms with van der Waals surface area (Å²) in [7, 11) is -4.37. The Morgan fingerprint density at radius 1 is 0.481 bits per heavy atom. The maximum atomic E-state index is 12.6. The maximum absolute atomic E-state index is 12.6. The second-order valence-corrected chi connectivity index (χ2v) is 17.1. The monoisotopic (exact) mass is 790 g/mol. The van der Waals surface area contributed by atoms with E-state index in [0.717, 1.165) is 32.1 Å². The number of rotatable bonds is 44. The van der Waals surface area contributed by atoms with Crippen LogP contribution in [0.3, 0.4) is 0 Å². The molecule has 10 heteroatoms. The minimum atomic E-state index is -4.37. The summed E-state index contributed by atoms with van der Waals surface area (Å²) < 4.78 is 32.8. The first-order chi connectivity index (χ1) is 26.3. The highest BCUT2D eigenvalue weighted by Crippen LogP contribution is 2.43. The summed E-state index contributed by atoms with van der Waals surface area (Å²) in [6, 6.07) is 0. The summed E-state index contributed by atoms with van der Waals surface area (Å²) in [6.45, 7) is 3.78. The minimum absolute atomic E-state index is 0.0581. The van der Waals surface area contributed by atoms with E-state index >= 15 is 0 Å². The van der Waals surface area contributed by atoms with Crippen molar-refractivity contribution < 1.29 is 37.6 Å². The molecular formula is C44H88NO8P. The molecule has 0 heterocycles. The molecule has 9 nitrogen and oxygen atoms in total. The lowest BCUT2D eigenvalue weighted by Gasteiger charge is -2.19. The van der Waals surface area contributed by atoms with Gasteiger partial charge >= 0.3 is 19.8 Å². The lowest BCUT2D eigenvalue weighted by atomic mass is 10.0. The molecule has 0 bridgehead atoms. The molecule has 0 aliphatic carbocycles. The Kier molecular flexibility index (Phi) is 40.9. The molecule has 0 aliphatic heterocycles. The molecule has 0 amide bonds. The Bertz CT molecular complexity index is 860. The first-order valence-electron chi connectivity index (χ1n) is 23.0. The zero-order valence-corrected chi connectivity index (χ0v) is 36.4. The number of ether oxygens (including phenoxy) is 2. The number of unbranched alkanes of at least 4 members (excludes halogenated alkanes) is 31. The molecule has 3 N–H and O–H groups in total. The second kappa shape index (κ2) is 41.6. The predicted octanol–water partition coefficient (Wildman–Crippen LogP) is 13.2. The molecule has 2 atom stereocenters. The third-order valence-electron chi connectivity index (χ3n) is 10.2.